The van der Waals surface area contributed by atoms with E-state index in [4.69, 9.17) is 4.74 Å². The van der Waals surface area contributed by atoms with Crippen LogP contribution >= 0.6 is 12.4 Å². The van der Waals surface area contributed by atoms with E-state index < -0.39 is 0 Å². The van der Waals surface area contributed by atoms with E-state index in [9.17, 15) is 4.79 Å². The Hall–Kier alpha value is -2.61. The van der Waals surface area contributed by atoms with E-state index in [0.717, 1.165) is 18.0 Å². The molecule has 4 rings (SSSR count). The number of aromatic nitrogens is 3. The quantitative estimate of drug-likeness (QED) is 0.488. The second-order valence-electron chi connectivity index (χ2n) is 7.57. The molecule has 0 aliphatic carbocycles. The predicted octanol–water partition coefficient (Wildman–Crippen LogP) is 2.72. The SMILES string of the molecule is Cl.O=c1n(-c2ccc(CN3CCCC3)cc2)cnn1CCNCCOc1ccccc1. The number of halogens is 1. The second-order valence-corrected chi connectivity index (χ2v) is 7.57. The van der Waals surface area contributed by atoms with Crippen molar-refractivity contribution in [2.45, 2.75) is 25.9 Å². The van der Waals surface area contributed by atoms with Crippen LogP contribution in [0.4, 0.5) is 0 Å². The molecular weight excluding hydrogens is 414 g/mol. The summed E-state index contributed by atoms with van der Waals surface area (Å²) in [6, 6.07) is 17.9. The number of para-hydroxylation sites is 1. The molecule has 0 unspecified atom stereocenters. The van der Waals surface area contributed by atoms with Gasteiger partial charge in [0.2, 0.25) is 0 Å². The standard InChI is InChI=1S/C23H29N5O2.ClH/c29-23-27(21-10-8-20(9-11-21)18-26-14-4-5-15-26)19-25-28(23)16-12-24-13-17-30-22-6-2-1-3-7-22;/h1-3,6-11,19,24H,4-5,12-18H2;1H. The lowest BCUT2D eigenvalue weighted by molar-refractivity contribution is 0.312. The Morgan fingerprint density at radius 1 is 0.968 bits per heavy atom. The molecule has 166 valence electrons. The average molecular weight is 444 g/mol. The molecule has 0 amide bonds. The van der Waals surface area contributed by atoms with Crippen LogP contribution in [0.5, 0.6) is 5.75 Å². The fraction of sp³-hybridized carbons (Fsp3) is 0.391. The molecule has 1 aliphatic rings. The van der Waals surface area contributed by atoms with Gasteiger partial charge in [0.1, 0.15) is 18.7 Å². The summed E-state index contributed by atoms with van der Waals surface area (Å²) in [5.74, 6) is 0.862. The zero-order valence-corrected chi connectivity index (χ0v) is 18.5. The van der Waals surface area contributed by atoms with Gasteiger partial charge < -0.3 is 10.1 Å². The summed E-state index contributed by atoms with van der Waals surface area (Å²) in [6.45, 7) is 5.81. The molecule has 1 aliphatic heterocycles. The summed E-state index contributed by atoms with van der Waals surface area (Å²) >= 11 is 0. The first-order valence-electron chi connectivity index (χ1n) is 10.6. The summed E-state index contributed by atoms with van der Waals surface area (Å²) in [5.41, 5.74) is 2.01. The van der Waals surface area contributed by atoms with Gasteiger partial charge in [0.25, 0.3) is 0 Å². The molecule has 2 aromatic carbocycles. The maximum absolute atomic E-state index is 12.6. The maximum atomic E-state index is 12.6. The minimum Gasteiger partial charge on any atom is -0.492 e. The Labute approximate surface area is 189 Å². The van der Waals surface area contributed by atoms with Gasteiger partial charge in [0, 0.05) is 19.6 Å². The number of benzene rings is 2. The summed E-state index contributed by atoms with van der Waals surface area (Å²) in [7, 11) is 0. The predicted molar refractivity (Wildman–Crippen MR) is 124 cm³/mol. The third-order valence-corrected chi connectivity index (χ3v) is 5.34. The molecule has 3 aromatic rings. The summed E-state index contributed by atoms with van der Waals surface area (Å²) in [4.78, 5) is 15.1. The lowest BCUT2D eigenvalue weighted by atomic mass is 10.2. The van der Waals surface area contributed by atoms with Crippen molar-refractivity contribution < 1.29 is 4.74 Å². The van der Waals surface area contributed by atoms with Gasteiger partial charge in [-0.05, 0) is 55.8 Å². The van der Waals surface area contributed by atoms with E-state index >= 15 is 0 Å². The molecule has 0 saturated carbocycles. The van der Waals surface area contributed by atoms with Crippen LogP contribution in [0.15, 0.2) is 65.7 Å². The minimum atomic E-state index is -0.121. The maximum Gasteiger partial charge on any atom is 0.350 e. The number of hydrogen-bond donors (Lipinski definition) is 1. The molecule has 0 atom stereocenters. The van der Waals surface area contributed by atoms with Crippen LogP contribution < -0.4 is 15.7 Å². The number of nitrogens with zero attached hydrogens (tertiary/aromatic N) is 4. The Bertz CT molecular complexity index is 966. The number of hydrogen-bond acceptors (Lipinski definition) is 5. The highest BCUT2D eigenvalue weighted by molar-refractivity contribution is 5.85. The van der Waals surface area contributed by atoms with E-state index in [1.54, 1.807) is 10.9 Å². The van der Waals surface area contributed by atoms with Crippen molar-refractivity contribution >= 4 is 12.4 Å². The van der Waals surface area contributed by atoms with E-state index in [1.165, 1.54) is 36.2 Å². The Balaban J connectivity index is 0.00000272. The molecule has 0 bridgehead atoms. The molecule has 31 heavy (non-hydrogen) atoms. The molecule has 1 aromatic heterocycles. The van der Waals surface area contributed by atoms with Gasteiger partial charge in [-0.25, -0.2) is 14.0 Å². The van der Waals surface area contributed by atoms with Gasteiger partial charge in [-0.2, -0.15) is 5.10 Å². The molecular formula is C23H30ClN5O2. The summed E-state index contributed by atoms with van der Waals surface area (Å²) < 4.78 is 8.73. The number of nitrogens with one attached hydrogen (secondary N) is 1. The zero-order chi connectivity index (χ0) is 20.6. The van der Waals surface area contributed by atoms with Crippen molar-refractivity contribution in [2.24, 2.45) is 0 Å². The van der Waals surface area contributed by atoms with Crippen molar-refractivity contribution in [1.29, 1.82) is 0 Å². The normalized spacial score (nSPS) is 13.8. The molecule has 1 N–H and O–H groups in total. The number of rotatable bonds is 10. The highest BCUT2D eigenvalue weighted by atomic mass is 35.5. The molecule has 8 heteroatoms. The van der Waals surface area contributed by atoms with Gasteiger partial charge in [0.05, 0.1) is 12.2 Å². The van der Waals surface area contributed by atoms with Crippen LogP contribution in [-0.2, 0) is 13.1 Å². The summed E-state index contributed by atoms with van der Waals surface area (Å²) in [6.07, 6.45) is 4.18. The van der Waals surface area contributed by atoms with Gasteiger partial charge >= 0.3 is 5.69 Å². The van der Waals surface area contributed by atoms with E-state index in [-0.39, 0.29) is 18.1 Å². The second kappa shape index (κ2) is 11.7. The topological polar surface area (TPSA) is 64.3 Å². The summed E-state index contributed by atoms with van der Waals surface area (Å²) in [5, 5.41) is 7.53. The molecule has 0 spiro atoms. The Morgan fingerprint density at radius 3 is 2.45 bits per heavy atom. The lowest BCUT2D eigenvalue weighted by Crippen LogP contribution is -2.30. The van der Waals surface area contributed by atoms with Gasteiger partial charge in [0.15, 0.2) is 0 Å². The molecule has 1 saturated heterocycles. The first-order chi connectivity index (χ1) is 14.8. The lowest BCUT2D eigenvalue weighted by Gasteiger charge is -2.14. The van der Waals surface area contributed by atoms with E-state index in [2.05, 4.69) is 27.4 Å². The Morgan fingerprint density at radius 2 is 1.71 bits per heavy atom. The van der Waals surface area contributed by atoms with Crippen molar-refractivity contribution in [3.05, 3.63) is 77.0 Å². The van der Waals surface area contributed by atoms with Crippen LogP contribution in [0.3, 0.4) is 0 Å². The zero-order valence-electron chi connectivity index (χ0n) is 17.7. The Kier molecular flexibility index (Phi) is 8.70. The first kappa shape index (κ1) is 23.1. The molecule has 7 nitrogen and oxygen atoms in total. The molecule has 0 radical (unpaired) electrons. The van der Waals surface area contributed by atoms with Crippen molar-refractivity contribution in [3.8, 4) is 11.4 Å². The molecule has 2 heterocycles. The highest BCUT2D eigenvalue weighted by Crippen LogP contribution is 2.14. The van der Waals surface area contributed by atoms with Crippen LogP contribution in [-0.4, -0.2) is 52.0 Å². The number of ether oxygens (including phenoxy) is 1. The van der Waals surface area contributed by atoms with Gasteiger partial charge in [-0.15, -0.1) is 12.4 Å². The van der Waals surface area contributed by atoms with Crippen molar-refractivity contribution in [3.63, 3.8) is 0 Å². The van der Waals surface area contributed by atoms with Crippen molar-refractivity contribution in [2.75, 3.05) is 32.8 Å². The third kappa shape index (κ3) is 6.43. The van der Waals surface area contributed by atoms with Crippen molar-refractivity contribution in [1.82, 2.24) is 24.6 Å². The van der Waals surface area contributed by atoms with Crippen LogP contribution in [0, 0.1) is 0 Å². The number of likely N-dealkylation sites (tertiary alicyclic amines) is 1. The molecule has 1 fully saturated rings. The van der Waals surface area contributed by atoms with E-state index in [1.807, 2.05) is 42.5 Å². The van der Waals surface area contributed by atoms with Crippen LogP contribution in [0.25, 0.3) is 5.69 Å². The smallest absolute Gasteiger partial charge is 0.350 e. The van der Waals surface area contributed by atoms with Crippen LogP contribution in [0.1, 0.15) is 18.4 Å². The monoisotopic (exact) mass is 443 g/mol. The van der Waals surface area contributed by atoms with Gasteiger partial charge in [-0.3, -0.25) is 4.90 Å². The van der Waals surface area contributed by atoms with Gasteiger partial charge in [-0.1, -0.05) is 30.3 Å². The third-order valence-electron chi connectivity index (χ3n) is 5.34. The average Bonchev–Trinajstić information content (AvgIpc) is 3.42. The first-order valence-corrected chi connectivity index (χ1v) is 10.6. The fourth-order valence-corrected chi connectivity index (χ4v) is 3.70. The van der Waals surface area contributed by atoms with E-state index in [0.29, 0.717) is 26.2 Å². The largest absolute Gasteiger partial charge is 0.492 e. The highest BCUT2D eigenvalue weighted by Gasteiger charge is 2.12. The minimum absolute atomic E-state index is 0. The fourth-order valence-electron chi connectivity index (χ4n) is 3.70. The van der Waals surface area contributed by atoms with Crippen LogP contribution in [0.2, 0.25) is 0 Å².